The van der Waals surface area contributed by atoms with E-state index in [1.807, 2.05) is 42.5 Å². The summed E-state index contributed by atoms with van der Waals surface area (Å²) in [5, 5.41) is 1.48. The van der Waals surface area contributed by atoms with Crippen LogP contribution in [0.2, 0.25) is 5.02 Å². The minimum absolute atomic E-state index is 0.0327. The number of rotatable bonds is 4. The number of piperazine rings is 1. The van der Waals surface area contributed by atoms with Crippen LogP contribution in [-0.2, 0) is 6.54 Å². The van der Waals surface area contributed by atoms with Crippen molar-refractivity contribution in [2.24, 2.45) is 0 Å². The van der Waals surface area contributed by atoms with Crippen molar-refractivity contribution < 1.29 is 0 Å². The Hall–Kier alpha value is -2.37. The molecule has 6 heteroatoms. The Labute approximate surface area is 157 Å². The van der Waals surface area contributed by atoms with Crippen molar-refractivity contribution >= 4 is 28.2 Å². The third kappa shape index (κ3) is 3.45. The van der Waals surface area contributed by atoms with Crippen molar-refractivity contribution in [1.82, 2.24) is 14.5 Å². The van der Waals surface area contributed by atoms with Crippen LogP contribution in [-0.4, -0.2) is 47.2 Å². The van der Waals surface area contributed by atoms with Gasteiger partial charge in [0.2, 0.25) is 0 Å². The van der Waals surface area contributed by atoms with Crippen LogP contribution < -0.4 is 10.5 Å². The van der Waals surface area contributed by atoms with Gasteiger partial charge in [-0.15, -0.1) is 0 Å². The smallest absolute Gasteiger partial charge is 0.261 e. The summed E-state index contributed by atoms with van der Waals surface area (Å²) in [7, 11) is 0. The average Bonchev–Trinajstić information content (AvgIpc) is 2.69. The molecule has 0 bridgehead atoms. The highest BCUT2D eigenvalue weighted by Crippen LogP contribution is 2.25. The molecule has 3 aromatic rings. The van der Waals surface area contributed by atoms with Crippen molar-refractivity contribution in [3.63, 3.8) is 0 Å². The lowest BCUT2D eigenvalue weighted by atomic mass is 10.2. The maximum absolute atomic E-state index is 12.6. The average molecular weight is 369 g/mol. The molecule has 5 nitrogen and oxygen atoms in total. The van der Waals surface area contributed by atoms with Crippen molar-refractivity contribution in [1.29, 1.82) is 0 Å². The van der Waals surface area contributed by atoms with Crippen LogP contribution in [0, 0.1) is 0 Å². The van der Waals surface area contributed by atoms with Gasteiger partial charge in [0.15, 0.2) is 0 Å². The highest BCUT2D eigenvalue weighted by molar-refractivity contribution is 6.33. The molecule has 0 amide bonds. The molecule has 4 rings (SSSR count). The Morgan fingerprint density at radius 1 is 0.923 bits per heavy atom. The standard InChI is InChI=1S/C20H21ClN4O/c21-17-6-2-4-8-19(17)24-12-9-23(10-13-24)11-14-25-15-22-18-7-3-1-5-16(18)20(25)26/h1-8,15H,9-14H2. The number of aromatic nitrogens is 2. The molecule has 0 spiro atoms. The fourth-order valence-corrected chi connectivity index (χ4v) is 3.69. The molecule has 0 N–H and O–H groups in total. The first-order valence-corrected chi connectivity index (χ1v) is 9.26. The number of halogens is 1. The van der Waals surface area contributed by atoms with E-state index >= 15 is 0 Å². The lowest BCUT2D eigenvalue weighted by molar-refractivity contribution is 0.247. The van der Waals surface area contributed by atoms with Crippen LogP contribution >= 0.6 is 11.6 Å². The summed E-state index contributed by atoms with van der Waals surface area (Å²) in [4.78, 5) is 21.7. The van der Waals surface area contributed by atoms with Crippen LogP contribution in [0.15, 0.2) is 59.7 Å². The lowest BCUT2D eigenvalue weighted by Gasteiger charge is -2.36. The van der Waals surface area contributed by atoms with Crippen molar-refractivity contribution in [2.75, 3.05) is 37.6 Å². The highest BCUT2D eigenvalue weighted by Gasteiger charge is 2.18. The van der Waals surface area contributed by atoms with Crippen LogP contribution in [0.25, 0.3) is 10.9 Å². The third-order valence-corrected chi connectivity index (χ3v) is 5.27. The Balaban J connectivity index is 1.38. The molecule has 134 valence electrons. The number of hydrogen-bond donors (Lipinski definition) is 0. The largest absolute Gasteiger partial charge is 0.368 e. The summed E-state index contributed by atoms with van der Waals surface area (Å²) in [6, 6.07) is 15.5. The highest BCUT2D eigenvalue weighted by atomic mass is 35.5. The van der Waals surface area contributed by atoms with Gasteiger partial charge in [0, 0.05) is 39.3 Å². The predicted molar refractivity (Wildman–Crippen MR) is 106 cm³/mol. The fraction of sp³-hybridized carbons (Fsp3) is 0.300. The zero-order chi connectivity index (χ0) is 17.9. The van der Waals surface area contributed by atoms with Gasteiger partial charge in [0.05, 0.1) is 27.9 Å². The second-order valence-electron chi connectivity index (χ2n) is 6.54. The topological polar surface area (TPSA) is 41.4 Å². The van der Waals surface area contributed by atoms with Gasteiger partial charge in [-0.2, -0.15) is 0 Å². The molecule has 1 fully saturated rings. The number of benzene rings is 2. The molecular formula is C20H21ClN4O. The Kier molecular flexibility index (Phi) is 4.91. The summed E-state index contributed by atoms with van der Waals surface area (Å²) >= 11 is 6.30. The molecule has 0 saturated carbocycles. The zero-order valence-corrected chi connectivity index (χ0v) is 15.3. The van der Waals surface area contributed by atoms with Gasteiger partial charge in [-0.25, -0.2) is 4.98 Å². The Morgan fingerprint density at radius 2 is 1.65 bits per heavy atom. The van der Waals surface area contributed by atoms with Gasteiger partial charge in [0.1, 0.15) is 0 Å². The van der Waals surface area contributed by atoms with Crippen LogP contribution in [0.5, 0.6) is 0 Å². The lowest BCUT2D eigenvalue weighted by Crippen LogP contribution is -2.47. The maximum atomic E-state index is 12.6. The fourth-order valence-electron chi connectivity index (χ4n) is 3.44. The normalized spacial score (nSPS) is 15.5. The summed E-state index contributed by atoms with van der Waals surface area (Å²) in [6.45, 7) is 5.30. The summed E-state index contributed by atoms with van der Waals surface area (Å²) in [6.07, 6.45) is 1.66. The minimum Gasteiger partial charge on any atom is -0.368 e. The first kappa shape index (κ1) is 17.1. The van der Waals surface area contributed by atoms with Crippen molar-refractivity contribution in [2.45, 2.75) is 6.54 Å². The molecule has 0 unspecified atom stereocenters. The van der Waals surface area contributed by atoms with E-state index < -0.39 is 0 Å². The van der Waals surface area contributed by atoms with Gasteiger partial charge in [-0.3, -0.25) is 14.3 Å². The molecule has 0 aliphatic carbocycles. The van der Waals surface area contributed by atoms with Crippen LogP contribution in [0.3, 0.4) is 0 Å². The molecular weight excluding hydrogens is 348 g/mol. The third-order valence-electron chi connectivity index (χ3n) is 4.95. The second kappa shape index (κ2) is 7.48. The number of anilines is 1. The molecule has 1 aliphatic heterocycles. The summed E-state index contributed by atoms with van der Waals surface area (Å²) < 4.78 is 1.71. The van der Waals surface area contributed by atoms with Gasteiger partial charge >= 0.3 is 0 Å². The van der Waals surface area contributed by atoms with Crippen LogP contribution in [0.1, 0.15) is 0 Å². The molecule has 2 aromatic carbocycles. The molecule has 1 saturated heterocycles. The number of nitrogens with zero attached hydrogens (tertiary/aromatic N) is 4. The maximum Gasteiger partial charge on any atom is 0.261 e. The SMILES string of the molecule is O=c1c2ccccc2ncn1CCN1CCN(c2ccccc2Cl)CC1. The number of hydrogen-bond acceptors (Lipinski definition) is 4. The van der Waals surface area contributed by atoms with E-state index in [2.05, 4.69) is 20.9 Å². The van der Waals surface area contributed by atoms with E-state index in [0.717, 1.165) is 49.0 Å². The van der Waals surface area contributed by atoms with E-state index in [0.29, 0.717) is 11.9 Å². The quantitative estimate of drug-likeness (QED) is 0.710. The predicted octanol–water partition coefficient (Wildman–Crippen LogP) is 2.87. The van der Waals surface area contributed by atoms with Gasteiger partial charge in [-0.05, 0) is 24.3 Å². The van der Waals surface area contributed by atoms with Crippen molar-refractivity contribution in [3.05, 3.63) is 70.2 Å². The zero-order valence-electron chi connectivity index (χ0n) is 14.5. The number of fused-ring (bicyclic) bond motifs is 1. The van der Waals surface area contributed by atoms with Gasteiger partial charge in [0.25, 0.3) is 5.56 Å². The van der Waals surface area contributed by atoms with E-state index in [1.165, 1.54) is 0 Å². The second-order valence-corrected chi connectivity index (χ2v) is 6.95. The van der Waals surface area contributed by atoms with Gasteiger partial charge < -0.3 is 4.90 Å². The molecule has 1 aromatic heterocycles. The summed E-state index contributed by atoms with van der Waals surface area (Å²) in [5.74, 6) is 0. The molecule has 26 heavy (non-hydrogen) atoms. The minimum atomic E-state index is 0.0327. The summed E-state index contributed by atoms with van der Waals surface area (Å²) in [5.41, 5.74) is 1.89. The molecule has 0 atom stereocenters. The molecule has 1 aliphatic rings. The van der Waals surface area contributed by atoms with Gasteiger partial charge in [-0.1, -0.05) is 35.9 Å². The van der Waals surface area contributed by atoms with Crippen molar-refractivity contribution in [3.8, 4) is 0 Å². The Morgan fingerprint density at radius 3 is 2.46 bits per heavy atom. The van der Waals surface area contributed by atoms with E-state index in [-0.39, 0.29) is 5.56 Å². The first-order valence-electron chi connectivity index (χ1n) is 8.88. The van der Waals surface area contributed by atoms with E-state index in [1.54, 1.807) is 10.9 Å². The monoisotopic (exact) mass is 368 g/mol. The Bertz CT molecular complexity index is 963. The molecule has 0 radical (unpaired) electrons. The first-order chi connectivity index (χ1) is 12.7. The van der Waals surface area contributed by atoms with E-state index in [4.69, 9.17) is 11.6 Å². The van der Waals surface area contributed by atoms with E-state index in [9.17, 15) is 4.79 Å². The van der Waals surface area contributed by atoms with Crippen LogP contribution in [0.4, 0.5) is 5.69 Å². The number of para-hydroxylation sites is 2. The molecule has 2 heterocycles.